The van der Waals surface area contributed by atoms with E-state index in [0.717, 1.165) is 47.4 Å². The lowest BCUT2D eigenvalue weighted by atomic mass is 9.72. The largest absolute Gasteiger partial charge is 0.529 e. The highest BCUT2D eigenvalue weighted by molar-refractivity contribution is 7.48. The van der Waals surface area contributed by atoms with Gasteiger partial charge in [0, 0.05) is 77.9 Å². The Kier molecular flexibility index (Phi) is 5.07. The number of phosphoric acid groups is 1. The van der Waals surface area contributed by atoms with Crippen molar-refractivity contribution < 1.29 is 23.2 Å². The number of aromatic hydroxyl groups is 1. The molecule has 0 aliphatic heterocycles. The van der Waals surface area contributed by atoms with E-state index in [1.54, 1.807) is 11.1 Å². The topological polar surface area (TPSA) is 65.0 Å². The van der Waals surface area contributed by atoms with E-state index in [1.807, 2.05) is 0 Å². The summed E-state index contributed by atoms with van der Waals surface area (Å²) < 4.78 is 31.4. The molecule has 1 N–H and O–H groups in total. The molecule has 0 amide bonds. The Morgan fingerprint density at radius 3 is 1.68 bits per heavy atom. The summed E-state index contributed by atoms with van der Waals surface area (Å²) in [5, 5.41) is 12.6. The summed E-state index contributed by atoms with van der Waals surface area (Å²) in [6.45, 7) is 0. The molecule has 0 saturated heterocycles. The van der Waals surface area contributed by atoms with Crippen LogP contribution in [0.2, 0.25) is 0 Å². The first-order chi connectivity index (χ1) is 24.5. The Balaban J connectivity index is 0.994. The normalized spacial score (nSPS) is 32.7. The van der Waals surface area contributed by atoms with Gasteiger partial charge in [-0.15, -0.1) is 0 Å². The van der Waals surface area contributed by atoms with Crippen LogP contribution in [0.4, 0.5) is 0 Å². The third-order valence-corrected chi connectivity index (χ3v) is 16.6. The van der Waals surface area contributed by atoms with E-state index in [4.69, 9.17) is 13.6 Å². The van der Waals surface area contributed by atoms with Gasteiger partial charge in [0.1, 0.15) is 11.5 Å². The molecule has 0 heterocycles. The number of rotatable bonds is 4. The second-order valence-corrected chi connectivity index (χ2v) is 18.6. The standard InChI is InChI=1S/C44H39O5P/c1-47-50(46,48-2)49-44-41-37-17-35(31-13-27-23-11-25(29(27)15-33(31)37)21-9-5-3-7-19(21)23)39(41)43(45)40-36-18-38(42(40)44)34-16-30-26-12-24(28(30)14-32(34)36)20-8-4-6-10-22(20)26/h3,5,7,9-10,13-16,20,23-26,35-38,45H,4,6,8,11-12,17-18H2,1-2H3/t20?,23-,24?,25?,26?,35?,36?,37?,38?/m1/s1. The molecule has 9 aliphatic carbocycles. The van der Waals surface area contributed by atoms with Gasteiger partial charge < -0.3 is 9.63 Å². The minimum atomic E-state index is -3.88. The van der Waals surface area contributed by atoms with Crippen LogP contribution in [-0.4, -0.2) is 19.3 Å². The number of hydrogen-bond acceptors (Lipinski definition) is 5. The highest BCUT2D eigenvalue weighted by Gasteiger charge is 2.56. The number of phosphoric ester groups is 1. The van der Waals surface area contributed by atoms with E-state index < -0.39 is 7.82 Å². The zero-order chi connectivity index (χ0) is 32.9. The van der Waals surface area contributed by atoms with Gasteiger partial charge in [0.15, 0.2) is 0 Å². The van der Waals surface area contributed by atoms with Crippen LogP contribution in [-0.2, 0) is 13.6 Å². The molecule has 13 rings (SSSR count). The van der Waals surface area contributed by atoms with Gasteiger partial charge in [-0.05, 0) is 112 Å². The van der Waals surface area contributed by atoms with Crippen molar-refractivity contribution in [3.63, 3.8) is 0 Å². The van der Waals surface area contributed by atoms with Crippen LogP contribution in [0, 0.1) is 5.92 Å². The molecule has 9 atom stereocenters. The molecular formula is C44H39O5P. The molecule has 250 valence electrons. The van der Waals surface area contributed by atoms with Crippen molar-refractivity contribution in [2.45, 2.75) is 92.3 Å². The summed E-state index contributed by atoms with van der Waals surface area (Å²) in [5.74, 6) is 4.30. The average molecular weight is 679 g/mol. The molecule has 8 unspecified atom stereocenters. The number of fused-ring (bicyclic) bond motifs is 32. The molecule has 4 aromatic carbocycles. The molecule has 4 aromatic rings. The third kappa shape index (κ3) is 3.05. The predicted octanol–water partition coefficient (Wildman–Crippen LogP) is 10.4. The molecule has 0 aromatic heterocycles. The fourth-order valence-electron chi connectivity index (χ4n) is 13.6. The van der Waals surface area contributed by atoms with Gasteiger partial charge in [0.25, 0.3) is 0 Å². The number of phenolic OH excluding ortho intramolecular Hbond substituents is 1. The number of phenols is 1. The van der Waals surface area contributed by atoms with Crippen molar-refractivity contribution >= 4 is 7.82 Å². The molecule has 6 heteroatoms. The van der Waals surface area contributed by atoms with Crippen molar-refractivity contribution in [3.8, 4) is 11.5 Å². The van der Waals surface area contributed by atoms with E-state index in [0.29, 0.717) is 35.2 Å². The number of allylic oxidation sites excluding steroid dienone is 2. The number of benzene rings is 4. The highest BCUT2D eigenvalue weighted by atomic mass is 31.2. The molecule has 5 nitrogen and oxygen atoms in total. The Hall–Kier alpha value is -3.63. The van der Waals surface area contributed by atoms with Crippen LogP contribution in [0.25, 0.3) is 0 Å². The predicted molar refractivity (Wildman–Crippen MR) is 190 cm³/mol. The fourth-order valence-corrected chi connectivity index (χ4v) is 14.3. The molecule has 0 spiro atoms. The molecule has 0 radical (unpaired) electrons. The van der Waals surface area contributed by atoms with Crippen molar-refractivity contribution in [2.24, 2.45) is 5.92 Å². The van der Waals surface area contributed by atoms with Crippen LogP contribution in [0.15, 0.2) is 60.2 Å². The van der Waals surface area contributed by atoms with E-state index in [1.165, 1.54) is 90.0 Å². The minimum Gasteiger partial charge on any atom is -0.507 e. The summed E-state index contributed by atoms with van der Waals surface area (Å²) in [7, 11) is -1.08. The average Bonchev–Trinajstić information content (AvgIpc) is 4.02. The van der Waals surface area contributed by atoms with Gasteiger partial charge >= 0.3 is 7.82 Å². The summed E-state index contributed by atoms with van der Waals surface area (Å²) in [6, 6.07) is 19.1. The minimum absolute atomic E-state index is 0.0718. The molecule has 50 heavy (non-hydrogen) atoms. The molecule has 1 fully saturated rings. The first-order valence-electron chi connectivity index (χ1n) is 18.9. The van der Waals surface area contributed by atoms with Crippen molar-refractivity contribution in [3.05, 3.63) is 138 Å². The van der Waals surface area contributed by atoms with Gasteiger partial charge in [-0.25, -0.2) is 4.57 Å². The maximum absolute atomic E-state index is 13.9. The van der Waals surface area contributed by atoms with Gasteiger partial charge in [-0.1, -0.05) is 60.2 Å². The Morgan fingerprint density at radius 1 is 0.600 bits per heavy atom. The maximum Gasteiger partial charge on any atom is 0.529 e. The van der Waals surface area contributed by atoms with Gasteiger partial charge in [-0.2, -0.15) is 0 Å². The Morgan fingerprint density at radius 2 is 1.10 bits per heavy atom. The van der Waals surface area contributed by atoms with Crippen LogP contribution >= 0.6 is 7.82 Å². The van der Waals surface area contributed by atoms with Gasteiger partial charge in [-0.3, -0.25) is 9.05 Å². The lowest BCUT2D eigenvalue weighted by molar-refractivity contribution is 0.209. The van der Waals surface area contributed by atoms with Crippen LogP contribution < -0.4 is 4.52 Å². The highest BCUT2D eigenvalue weighted by Crippen LogP contribution is 2.73. The smallest absolute Gasteiger partial charge is 0.507 e. The summed E-state index contributed by atoms with van der Waals surface area (Å²) in [4.78, 5) is 0. The first kappa shape index (κ1) is 28.0. The lowest BCUT2D eigenvalue weighted by Crippen LogP contribution is -2.18. The fraction of sp³-hybridized carbons (Fsp3) is 0.409. The van der Waals surface area contributed by atoms with Crippen LogP contribution in [0.1, 0.15) is 170 Å². The quantitative estimate of drug-likeness (QED) is 0.172. The lowest BCUT2D eigenvalue weighted by Gasteiger charge is -2.34. The second-order valence-electron chi connectivity index (χ2n) is 16.7. The van der Waals surface area contributed by atoms with Crippen molar-refractivity contribution in [2.75, 3.05) is 14.2 Å². The van der Waals surface area contributed by atoms with E-state index in [-0.39, 0.29) is 23.7 Å². The SMILES string of the molecule is COP(=O)(OC)Oc1c2c(c(O)c3c1C1CC3c3cc4c(cc31)C1C[C@@H]4c3ccccc31)C1CC2c2cc3c(cc21)C1CC3C2=CCCCC21. The monoisotopic (exact) mass is 678 g/mol. The summed E-state index contributed by atoms with van der Waals surface area (Å²) >= 11 is 0. The summed E-state index contributed by atoms with van der Waals surface area (Å²) in [5.41, 5.74) is 20.3. The maximum atomic E-state index is 13.9. The van der Waals surface area contributed by atoms with Gasteiger partial charge in [0.2, 0.25) is 0 Å². The van der Waals surface area contributed by atoms with Crippen molar-refractivity contribution in [1.82, 2.24) is 0 Å². The third-order valence-electron chi connectivity index (χ3n) is 15.3. The second kappa shape index (κ2) is 9.05. The van der Waals surface area contributed by atoms with Crippen molar-refractivity contribution in [1.29, 1.82) is 0 Å². The zero-order valence-electron chi connectivity index (χ0n) is 28.4. The molecule has 1 saturated carbocycles. The van der Waals surface area contributed by atoms with Gasteiger partial charge in [0.05, 0.1) is 0 Å². The van der Waals surface area contributed by atoms with E-state index >= 15 is 0 Å². The molecule has 9 aliphatic rings. The van der Waals surface area contributed by atoms with Crippen LogP contribution in [0.3, 0.4) is 0 Å². The van der Waals surface area contributed by atoms with Crippen LogP contribution in [0.5, 0.6) is 11.5 Å². The molecule has 8 bridgehead atoms. The summed E-state index contributed by atoms with van der Waals surface area (Å²) in [6.07, 6.45) is 10.7. The van der Waals surface area contributed by atoms with E-state index in [9.17, 15) is 9.67 Å². The van der Waals surface area contributed by atoms with E-state index in [2.05, 4.69) is 54.6 Å². The Labute approximate surface area is 292 Å². The zero-order valence-corrected chi connectivity index (χ0v) is 29.3. The Bertz CT molecular complexity index is 2380. The number of hydrogen-bond donors (Lipinski definition) is 1. The first-order valence-corrected chi connectivity index (χ1v) is 20.4. The molecular weight excluding hydrogens is 639 g/mol.